The van der Waals surface area contributed by atoms with Crippen molar-refractivity contribution in [2.24, 2.45) is 5.41 Å². The van der Waals surface area contributed by atoms with Crippen molar-refractivity contribution in [1.82, 2.24) is 0 Å². The molecule has 1 aromatic rings. The Morgan fingerprint density at radius 1 is 1.20 bits per heavy atom. The summed E-state index contributed by atoms with van der Waals surface area (Å²) in [6, 6.07) is 7.80. The second-order valence-corrected chi connectivity index (χ2v) is 5.55. The minimum atomic E-state index is 0.0607. The van der Waals surface area contributed by atoms with Crippen LogP contribution in [0, 0.1) is 5.41 Å². The van der Waals surface area contributed by atoms with Crippen LogP contribution in [0.2, 0.25) is 0 Å². The number of benzene rings is 1. The molecule has 0 saturated carbocycles. The van der Waals surface area contributed by atoms with Crippen LogP contribution in [0.5, 0.6) is 0 Å². The van der Waals surface area contributed by atoms with Gasteiger partial charge in [-0.25, -0.2) is 0 Å². The zero-order valence-electron chi connectivity index (χ0n) is 9.51. The summed E-state index contributed by atoms with van der Waals surface area (Å²) in [7, 11) is 0. The van der Waals surface area contributed by atoms with Gasteiger partial charge >= 0.3 is 0 Å². The standard InChI is InChI=1S/C13H17BrO/c1-13(2,3)8-12(15)11-6-4-10(9-14)5-7-11/h4-7H,8-9H2,1-3H3. The highest BCUT2D eigenvalue weighted by atomic mass is 79.9. The molecule has 0 aliphatic heterocycles. The highest BCUT2D eigenvalue weighted by molar-refractivity contribution is 9.08. The minimum Gasteiger partial charge on any atom is -0.294 e. The number of hydrogen-bond donors (Lipinski definition) is 0. The van der Waals surface area contributed by atoms with E-state index in [0.29, 0.717) is 6.42 Å². The summed E-state index contributed by atoms with van der Waals surface area (Å²) in [4.78, 5) is 11.8. The van der Waals surface area contributed by atoms with Crippen molar-refractivity contribution in [3.8, 4) is 0 Å². The summed E-state index contributed by atoms with van der Waals surface area (Å²) in [6.07, 6.45) is 0.598. The van der Waals surface area contributed by atoms with Crippen LogP contribution >= 0.6 is 15.9 Å². The first kappa shape index (κ1) is 12.4. The molecule has 0 heterocycles. The summed E-state index contributed by atoms with van der Waals surface area (Å²) < 4.78 is 0. The van der Waals surface area contributed by atoms with E-state index < -0.39 is 0 Å². The van der Waals surface area contributed by atoms with E-state index in [9.17, 15) is 4.79 Å². The summed E-state index contributed by atoms with van der Waals surface area (Å²) >= 11 is 3.38. The first-order chi connectivity index (χ1) is 6.92. The van der Waals surface area contributed by atoms with Gasteiger partial charge in [-0.15, -0.1) is 0 Å². The molecule has 0 saturated heterocycles. The van der Waals surface area contributed by atoms with Crippen LogP contribution in [0.25, 0.3) is 0 Å². The lowest BCUT2D eigenvalue weighted by molar-refractivity contribution is 0.0940. The Morgan fingerprint density at radius 3 is 2.13 bits per heavy atom. The van der Waals surface area contributed by atoms with Crippen molar-refractivity contribution in [3.05, 3.63) is 35.4 Å². The lowest BCUT2D eigenvalue weighted by Crippen LogP contribution is -2.12. The van der Waals surface area contributed by atoms with E-state index in [0.717, 1.165) is 10.9 Å². The summed E-state index contributed by atoms with van der Waals surface area (Å²) in [5.74, 6) is 0.226. The summed E-state index contributed by atoms with van der Waals surface area (Å²) in [5.41, 5.74) is 2.07. The average molecular weight is 269 g/mol. The first-order valence-electron chi connectivity index (χ1n) is 5.10. The third-order valence-electron chi connectivity index (χ3n) is 2.12. The molecule has 0 radical (unpaired) electrons. The Balaban J connectivity index is 2.75. The average Bonchev–Trinajstić information content (AvgIpc) is 2.15. The maximum absolute atomic E-state index is 11.8. The fraction of sp³-hybridized carbons (Fsp3) is 0.462. The molecule has 0 fully saturated rings. The van der Waals surface area contributed by atoms with Crippen molar-refractivity contribution in [3.63, 3.8) is 0 Å². The molecular weight excluding hydrogens is 252 g/mol. The van der Waals surface area contributed by atoms with Gasteiger partial charge in [-0.2, -0.15) is 0 Å². The van der Waals surface area contributed by atoms with Crippen molar-refractivity contribution < 1.29 is 4.79 Å². The molecule has 1 aromatic carbocycles. The Labute approximate surface area is 100 Å². The molecule has 0 unspecified atom stereocenters. The number of ketones is 1. The largest absolute Gasteiger partial charge is 0.294 e. The molecule has 0 bridgehead atoms. The first-order valence-corrected chi connectivity index (χ1v) is 6.22. The Hall–Kier alpha value is -0.630. The van der Waals surface area contributed by atoms with Gasteiger partial charge in [-0.3, -0.25) is 4.79 Å². The van der Waals surface area contributed by atoms with E-state index in [1.807, 2.05) is 24.3 Å². The van der Waals surface area contributed by atoms with Gasteiger partial charge in [0.25, 0.3) is 0 Å². The number of carbonyl (C=O) groups excluding carboxylic acids is 1. The van der Waals surface area contributed by atoms with Gasteiger partial charge in [0.15, 0.2) is 5.78 Å². The van der Waals surface area contributed by atoms with Crippen LogP contribution in [0.1, 0.15) is 43.1 Å². The fourth-order valence-corrected chi connectivity index (χ4v) is 1.74. The Morgan fingerprint density at radius 2 is 1.73 bits per heavy atom. The molecule has 0 N–H and O–H groups in total. The predicted octanol–water partition coefficient (Wildman–Crippen LogP) is 4.20. The maximum Gasteiger partial charge on any atom is 0.163 e. The SMILES string of the molecule is CC(C)(C)CC(=O)c1ccc(CBr)cc1. The zero-order valence-corrected chi connectivity index (χ0v) is 11.1. The van der Waals surface area contributed by atoms with Crippen molar-refractivity contribution >= 4 is 21.7 Å². The van der Waals surface area contributed by atoms with Crippen LogP contribution in [0.4, 0.5) is 0 Å². The lowest BCUT2D eigenvalue weighted by atomic mass is 9.88. The van der Waals surface area contributed by atoms with Gasteiger partial charge in [0.2, 0.25) is 0 Å². The Kier molecular flexibility index (Phi) is 4.09. The van der Waals surface area contributed by atoms with E-state index in [4.69, 9.17) is 0 Å². The molecule has 1 rings (SSSR count). The van der Waals surface area contributed by atoms with E-state index in [1.54, 1.807) is 0 Å². The third-order valence-corrected chi connectivity index (χ3v) is 2.77. The van der Waals surface area contributed by atoms with Crippen molar-refractivity contribution in [1.29, 1.82) is 0 Å². The number of halogens is 1. The minimum absolute atomic E-state index is 0.0607. The smallest absolute Gasteiger partial charge is 0.163 e. The van der Waals surface area contributed by atoms with E-state index >= 15 is 0 Å². The van der Waals surface area contributed by atoms with Crippen LogP contribution in [-0.4, -0.2) is 5.78 Å². The van der Waals surface area contributed by atoms with Gasteiger partial charge in [-0.05, 0) is 11.0 Å². The number of Topliss-reactive ketones (excluding diaryl/α,β-unsaturated/α-hetero) is 1. The van der Waals surface area contributed by atoms with Crippen molar-refractivity contribution in [2.75, 3.05) is 0 Å². The molecule has 15 heavy (non-hydrogen) atoms. The molecule has 0 spiro atoms. The van der Waals surface area contributed by atoms with Crippen molar-refractivity contribution in [2.45, 2.75) is 32.5 Å². The molecule has 1 nitrogen and oxygen atoms in total. The van der Waals surface area contributed by atoms with Crippen LogP contribution < -0.4 is 0 Å². The molecular formula is C13H17BrO. The summed E-state index contributed by atoms with van der Waals surface area (Å²) in [5, 5.41) is 0.834. The van der Waals surface area contributed by atoms with Gasteiger partial charge < -0.3 is 0 Å². The molecule has 0 aliphatic carbocycles. The maximum atomic E-state index is 11.8. The monoisotopic (exact) mass is 268 g/mol. The van der Waals surface area contributed by atoms with Gasteiger partial charge in [-0.1, -0.05) is 61.0 Å². The summed E-state index contributed by atoms with van der Waals surface area (Å²) in [6.45, 7) is 6.24. The van der Waals surface area contributed by atoms with E-state index in [2.05, 4.69) is 36.7 Å². The number of rotatable bonds is 3. The lowest BCUT2D eigenvalue weighted by Gasteiger charge is -2.16. The molecule has 0 amide bonds. The van der Waals surface area contributed by atoms with Crippen LogP contribution in [0.15, 0.2) is 24.3 Å². The van der Waals surface area contributed by atoms with Gasteiger partial charge in [0, 0.05) is 17.3 Å². The number of hydrogen-bond acceptors (Lipinski definition) is 1. The highest BCUT2D eigenvalue weighted by Gasteiger charge is 2.16. The normalized spacial score (nSPS) is 11.5. The molecule has 2 heteroatoms. The fourth-order valence-electron chi connectivity index (χ4n) is 1.36. The zero-order chi connectivity index (χ0) is 11.5. The quantitative estimate of drug-likeness (QED) is 0.593. The van der Waals surface area contributed by atoms with Crippen LogP contribution in [0.3, 0.4) is 0 Å². The van der Waals surface area contributed by atoms with Gasteiger partial charge in [0.1, 0.15) is 0 Å². The number of carbonyl (C=O) groups is 1. The molecule has 0 aliphatic rings. The second kappa shape index (κ2) is 4.93. The second-order valence-electron chi connectivity index (χ2n) is 4.99. The topological polar surface area (TPSA) is 17.1 Å². The van der Waals surface area contributed by atoms with Gasteiger partial charge in [0.05, 0.1) is 0 Å². The number of alkyl halides is 1. The molecule has 82 valence electrons. The van der Waals surface area contributed by atoms with E-state index in [1.165, 1.54) is 5.56 Å². The van der Waals surface area contributed by atoms with E-state index in [-0.39, 0.29) is 11.2 Å². The highest BCUT2D eigenvalue weighted by Crippen LogP contribution is 2.21. The Bertz CT molecular complexity index is 333. The third kappa shape index (κ3) is 4.17. The predicted molar refractivity (Wildman–Crippen MR) is 67.5 cm³/mol. The molecule has 0 aromatic heterocycles. The van der Waals surface area contributed by atoms with Crippen LogP contribution in [-0.2, 0) is 5.33 Å². The molecule has 0 atom stereocenters.